The van der Waals surface area contributed by atoms with Crippen LogP contribution in [0.3, 0.4) is 0 Å². The summed E-state index contributed by atoms with van der Waals surface area (Å²) < 4.78 is 11.2. The van der Waals surface area contributed by atoms with Gasteiger partial charge in [0, 0.05) is 12.1 Å². The summed E-state index contributed by atoms with van der Waals surface area (Å²) in [6.45, 7) is 0. The zero-order chi connectivity index (χ0) is 13.0. The SMILES string of the molecule is COc1cc(C#N)ccc1OC1CCCC(N)C1. The summed E-state index contributed by atoms with van der Waals surface area (Å²) >= 11 is 0. The number of hydrogen-bond acceptors (Lipinski definition) is 4. The third-order valence-electron chi connectivity index (χ3n) is 3.25. The molecule has 2 rings (SSSR count). The molecule has 4 nitrogen and oxygen atoms in total. The van der Waals surface area contributed by atoms with Crippen molar-refractivity contribution < 1.29 is 9.47 Å². The summed E-state index contributed by atoms with van der Waals surface area (Å²) in [6, 6.07) is 7.53. The first-order valence-corrected chi connectivity index (χ1v) is 6.23. The Morgan fingerprint density at radius 1 is 1.33 bits per heavy atom. The van der Waals surface area contributed by atoms with Crippen LogP contribution in [0.5, 0.6) is 11.5 Å². The molecule has 2 N–H and O–H groups in total. The van der Waals surface area contributed by atoms with Crippen LogP contribution in [-0.2, 0) is 0 Å². The molecular formula is C14H18N2O2. The maximum atomic E-state index is 8.84. The number of nitrogens with zero attached hydrogens (tertiary/aromatic N) is 1. The van der Waals surface area contributed by atoms with Crippen molar-refractivity contribution in [3.8, 4) is 17.6 Å². The fraction of sp³-hybridized carbons (Fsp3) is 0.500. The topological polar surface area (TPSA) is 68.3 Å². The minimum absolute atomic E-state index is 0.149. The molecule has 1 aliphatic carbocycles. The summed E-state index contributed by atoms with van der Waals surface area (Å²) in [5, 5.41) is 8.84. The van der Waals surface area contributed by atoms with Crippen LogP contribution in [0.4, 0.5) is 0 Å². The molecule has 1 aromatic rings. The van der Waals surface area contributed by atoms with Gasteiger partial charge >= 0.3 is 0 Å². The maximum Gasteiger partial charge on any atom is 0.162 e. The van der Waals surface area contributed by atoms with Gasteiger partial charge in [0.05, 0.1) is 18.7 Å². The highest BCUT2D eigenvalue weighted by Crippen LogP contribution is 2.31. The summed E-state index contributed by atoms with van der Waals surface area (Å²) in [6.07, 6.45) is 4.23. The van der Waals surface area contributed by atoms with E-state index in [1.165, 1.54) is 0 Å². The molecule has 96 valence electrons. The molecule has 0 heterocycles. The van der Waals surface area contributed by atoms with Gasteiger partial charge in [0.25, 0.3) is 0 Å². The third kappa shape index (κ3) is 2.93. The molecule has 0 saturated heterocycles. The molecule has 0 aliphatic heterocycles. The predicted octanol–water partition coefficient (Wildman–Crippen LogP) is 2.22. The Kier molecular flexibility index (Phi) is 4.06. The zero-order valence-corrected chi connectivity index (χ0v) is 10.6. The molecule has 0 amide bonds. The number of rotatable bonds is 3. The standard InChI is InChI=1S/C14H18N2O2/c1-17-14-7-10(9-15)5-6-13(14)18-12-4-2-3-11(16)8-12/h5-7,11-12H,2-4,8,16H2,1H3. The fourth-order valence-electron chi connectivity index (χ4n) is 2.30. The second kappa shape index (κ2) is 5.74. The van der Waals surface area contributed by atoms with Gasteiger partial charge in [-0.25, -0.2) is 0 Å². The van der Waals surface area contributed by atoms with Gasteiger partial charge in [0.2, 0.25) is 0 Å². The molecule has 1 saturated carbocycles. The Hall–Kier alpha value is -1.73. The van der Waals surface area contributed by atoms with Crippen LogP contribution in [0, 0.1) is 11.3 Å². The minimum atomic E-state index is 0.149. The lowest BCUT2D eigenvalue weighted by atomic mass is 9.93. The number of methoxy groups -OCH3 is 1. The van der Waals surface area contributed by atoms with Crippen LogP contribution in [0.2, 0.25) is 0 Å². The van der Waals surface area contributed by atoms with E-state index in [9.17, 15) is 0 Å². The molecular weight excluding hydrogens is 228 g/mol. The summed E-state index contributed by atoms with van der Waals surface area (Å²) in [4.78, 5) is 0. The zero-order valence-electron chi connectivity index (χ0n) is 10.6. The van der Waals surface area contributed by atoms with E-state index >= 15 is 0 Å². The second-order valence-electron chi connectivity index (χ2n) is 4.64. The molecule has 18 heavy (non-hydrogen) atoms. The largest absolute Gasteiger partial charge is 0.493 e. The Morgan fingerprint density at radius 3 is 2.83 bits per heavy atom. The molecule has 1 fully saturated rings. The van der Waals surface area contributed by atoms with E-state index in [1.54, 1.807) is 25.3 Å². The summed E-state index contributed by atoms with van der Waals surface area (Å²) in [5.74, 6) is 1.30. The smallest absolute Gasteiger partial charge is 0.162 e. The lowest BCUT2D eigenvalue weighted by Gasteiger charge is -2.27. The molecule has 0 spiro atoms. The van der Waals surface area contributed by atoms with Gasteiger partial charge in [-0.05, 0) is 37.8 Å². The first-order valence-electron chi connectivity index (χ1n) is 6.23. The van der Waals surface area contributed by atoms with E-state index in [4.69, 9.17) is 20.5 Å². The second-order valence-corrected chi connectivity index (χ2v) is 4.64. The van der Waals surface area contributed by atoms with Crippen LogP contribution in [0.25, 0.3) is 0 Å². The molecule has 4 heteroatoms. The average Bonchev–Trinajstić information content (AvgIpc) is 2.39. The van der Waals surface area contributed by atoms with E-state index in [0.29, 0.717) is 17.1 Å². The van der Waals surface area contributed by atoms with Crippen LogP contribution in [-0.4, -0.2) is 19.3 Å². The Labute approximate surface area is 107 Å². The summed E-state index contributed by atoms with van der Waals surface area (Å²) in [7, 11) is 1.58. The van der Waals surface area contributed by atoms with Crippen molar-refractivity contribution in [3.63, 3.8) is 0 Å². The molecule has 0 bridgehead atoms. The quantitative estimate of drug-likeness (QED) is 0.887. The van der Waals surface area contributed by atoms with E-state index < -0.39 is 0 Å². The third-order valence-corrected chi connectivity index (χ3v) is 3.25. The predicted molar refractivity (Wildman–Crippen MR) is 68.6 cm³/mol. The Balaban J connectivity index is 2.11. The van der Waals surface area contributed by atoms with Crippen molar-refractivity contribution in [1.29, 1.82) is 5.26 Å². The van der Waals surface area contributed by atoms with E-state index in [-0.39, 0.29) is 12.1 Å². The normalized spacial score (nSPS) is 23.2. The van der Waals surface area contributed by atoms with Crippen LogP contribution < -0.4 is 15.2 Å². The van der Waals surface area contributed by atoms with Crippen molar-refractivity contribution in [2.75, 3.05) is 7.11 Å². The number of benzene rings is 1. The van der Waals surface area contributed by atoms with Crippen molar-refractivity contribution >= 4 is 0 Å². The van der Waals surface area contributed by atoms with Crippen LogP contribution in [0.1, 0.15) is 31.2 Å². The minimum Gasteiger partial charge on any atom is -0.493 e. The molecule has 2 atom stereocenters. The number of hydrogen-bond donors (Lipinski definition) is 1. The van der Waals surface area contributed by atoms with Gasteiger partial charge < -0.3 is 15.2 Å². The number of nitriles is 1. The van der Waals surface area contributed by atoms with E-state index in [0.717, 1.165) is 25.7 Å². The first kappa shape index (κ1) is 12.7. The first-order chi connectivity index (χ1) is 8.72. The van der Waals surface area contributed by atoms with Gasteiger partial charge in [-0.1, -0.05) is 0 Å². The molecule has 0 aromatic heterocycles. The van der Waals surface area contributed by atoms with Gasteiger partial charge in [-0.2, -0.15) is 5.26 Å². The number of nitrogens with two attached hydrogens (primary N) is 1. The Bertz CT molecular complexity index is 454. The van der Waals surface area contributed by atoms with Crippen LogP contribution >= 0.6 is 0 Å². The van der Waals surface area contributed by atoms with Crippen molar-refractivity contribution in [2.24, 2.45) is 5.73 Å². The average molecular weight is 246 g/mol. The van der Waals surface area contributed by atoms with Crippen molar-refractivity contribution in [2.45, 2.75) is 37.8 Å². The van der Waals surface area contributed by atoms with E-state index in [1.807, 2.05) is 0 Å². The van der Waals surface area contributed by atoms with Gasteiger partial charge in [0.1, 0.15) is 6.10 Å². The molecule has 2 unspecified atom stereocenters. The Morgan fingerprint density at radius 2 is 2.17 bits per heavy atom. The van der Waals surface area contributed by atoms with Gasteiger partial charge in [-0.3, -0.25) is 0 Å². The van der Waals surface area contributed by atoms with Gasteiger partial charge in [-0.15, -0.1) is 0 Å². The maximum absolute atomic E-state index is 8.84. The summed E-state index contributed by atoms with van der Waals surface area (Å²) in [5.41, 5.74) is 6.51. The molecule has 0 radical (unpaired) electrons. The highest BCUT2D eigenvalue weighted by molar-refractivity contribution is 5.46. The fourth-order valence-corrected chi connectivity index (χ4v) is 2.30. The van der Waals surface area contributed by atoms with E-state index in [2.05, 4.69) is 6.07 Å². The lowest BCUT2D eigenvalue weighted by Crippen LogP contribution is -2.33. The molecule has 1 aliphatic rings. The van der Waals surface area contributed by atoms with Crippen molar-refractivity contribution in [3.05, 3.63) is 23.8 Å². The van der Waals surface area contributed by atoms with Crippen molar-refractivity contribution in [1.82, 2.24) is 0 Å². The van der Waals surface area contributed by atoms with Crippen LogP contribution in [0.15, 0.2) is 18.2 Å². The highest BCUT2D eigenvalue weighted by atomic mass is 16.5. The van der Waals surface area contributed by atoms with Gasteiger partial charge in [0.15, 0.2) is 11.5 Å². The monoisotopic (exact) mass is 246 g/mol. The molecule has 1 aromatic carbocycles. The lowest BCUT2D eigenvalue weighted by molar-refractivity contribution is 0.139. The highest BCUT2D eigenvalue weighted by Gasteiger charge is 2.21. The number of ether oxygens (including phenoxy) is 2.